The van der Waals surface area contributed by atoms with Crippen LogP contribution >= 0.6 is 0 Å². The van der Waals surface area contributed by atoms with E-state index in [1.807, 2.05) is 42.5 Å². The zero-order valence-electron chi connectivity index (χ0n) is 17.7. The smallest absolute Gasteiger partial charge is 0.234 e. The molecule has 5 rings (SSSR count). The number of fused-ring (bicyclic) bond motifs is 1. The normalized spacial score (nSPS) is 15.4. The van der Waals surface area contributed by atoms with Gasteiger partial charge in [0, 0.05) is 31.6 Å². The molecule has 2 aliphatic rings. The van der Waals surface area contributed by atoms with Crippen molar-refractivity contribution < 1.29 is 23.5 Å². The molecule has 0 atom stereocenters. The number of hydrogen-bond donors (Lipinski definition) is 1. The van der Waals surface area contributed by atoms with Gasteiger partial charge in [0.15, 0.2) is 17.3 Å². The van der Waals surface area contributed by atoms with Crippen molar-refractivity contribution >= 4 is 5.91 Å². The number of benzene rings is 2. The van der Waals surface area contributed by atoms with Gasteiger partial charge >= 0.3 is 0 Å². The zero-order valence-corrected chi connectivity index (χ0v) is 17.7. The Hall–Kier alpha value is -3.59. The highest BCUT2D eigenvalue weighted by Crippen LogP contribution is 2.32. The summed E-state index contributed by atoms with van der Waals surface area (Å²) in [6.45, 7) is 2.46. The molecule has 2 aromatic carbocycles. The summed E-state index contributed by atoms with van der Waals surface area (Å²) >= 11 is 0. The van der Waals surface area contributed by atoms with Crippen molar-refractivity contribution in [3.8, 4) is 17.2 Å². The molecule has 1 amide bonds. The Morgan fingerprint density at radius 2 is 2.03 bits per heavy atom. The first-order chi connectivity index (χ1) is 15.7. The van der Waals surface area contributed by atoms with Crippen LogP contribution in [0, 0.1) is 0 Å². The first kappa shape index (κ1) is 20.3. The number of carbonyl (C=O) groups excluding carboxylic acids is 1. The number of likely N-dealkylation sites (tertiary alicyclic amines) is 1. The number of methoxy groups -OCH3 is 1. The molecule has 9 heteroatoms. The number of amides is 1. The Morgan fingerprint density at radius 1 is 1.19 bits per heavy atom. The Labute approximate surface area is 185 Å². The maximum Gasteiger partial charge on any atom is 0.234 e. The van der Waals surface area contributed by atoms with E-state index in [-0.39, 0.29) is 18.6 Å². The van der Waals surface area contributed by atoms with Gasteiger partial charge in [0.05, 0.1) is 19.6 Å². The standard InChI is InChI=1S/C23H24N4O5/c1-29-18-5-3-2-4-16(18)9-21-25-23(32-26-21)17-11-27(12-17)13-22(28)24-10-15-6-7-19-20(8-15)31-14-30-19/h2-8,17H,9-14H2,1H3,(H,24,28). The number of nitrogens with one attached hydrogen (secondary N) is 1. The van der Waals surface area contributed by atoms with Crippen LogP contribution in [0.2, 0.25) is 0 Å². The third-order valence-electron chi connectivity index (χ3n) is 5.63. The fourth-order valence-electron chi connectivity index (χ4n) is 3.89. The molecule has 0 aliphatic carbocycles. The molecule has 166 valence electrons. The molecule has 1 saturated heterocycles. The minimum atomic E-state index is -0.0245. The summed E-state index contributed by atoms with van der Waals surface area (Å²) < 4.78 is 21.5. The largest absolute Gasteiger partial charge is 0.496 e. The van der Waals surface area contributed by atoms with Gasteiger partial charge in [-0.3, -0.25) is 9.69 Å². The molecule has 1 aromatic heterocycles. The van der Waals surface area contributed by atoms with Crippen LogP contribution in [0.1, 0.15) is 28.8 Å². The predicted molar refractivity (Wildman–Crippen MR) is 114 cm³/mol. The topological polar surface area (TPSA) is 99.0 Å². The van der Waals surface area contributed by atoms with Gasteiger partial charge in [0.25, 0.3) is 0 Å². The maximum absolute atomic E-state index is 12.3. The highest BCUT2D eigenvalue weighted by Gasteiger charge is 2.33. The summed E-state index contributed by atoms with van der Waals surface area (Å²) in [4.78, 5) is 18.9. The second kappa shape index (κ2) is 8.88. The lowest BCUT2D eigenvalue weighted by Crippen LogP contribution is -2.49. The lowest BCUT2D eigenvalue weighted by molar-refractivity contribution is -0.123. The van der Waals surface area contributed by atoms with E-state index < -0.39 is 0 Å². The van der Waals surface area contributed by atoms with Gasteiger partial charge in [-0.05, 0) is 23.8 Å². The fraction of sp³-hybridized carbons (Fsp3) is 0.348. The van der Waals surface area contributed by atoms with Gasteiger partial charge in [-0.15, -0.1) is 0 Å². The van der Waals surface area contributed by atoms with Gasteiger partial charge in [0.2, 0.25) is 18.6 Å². The van der Waals surface area contributed by atoms with Gasteiger partial charge in [-0.1, -0.05) is 29.4 Å². The van der Waals surface area contributed by atoms with Crippen LogP contribution in [0.25, 0.3) is 0 Å². The van der Waals surface area contributed by atoms with Crippen molar-refractivity contribution in [1.29, 1.82) is 0 Å². The van der Waals surface area contributed by atoms with Crippen molar-refractivity contribution in [3.05, 3.63) is 65.3 Å². The molecule has 0 unspecified atom stereocenters. The summed E-state index contributed by atoms with van der Waals surface area (Å²) in [7, 11) is 1.65. The van der Waals surface area contributed by atoms with E-state index in [0.717, 1.165) is 22.6 Å². The highest BCUT2D eigenvalue weighted by molar-refractivity contribution is 5.78. The Balaban J connectivity index is 1.07. The third kappa shape index (κ3) is 4.38. The van der Waals surface area contributed by atoms with Gasteiger partial charge < -0.3 is 24.1 Å². The van der Waals surface area contributed by atoms with Gasteiger partial charge in [-0.2, -0.15) is 4.98 Å². The predicted octanol–water partition coefficient (Wildman–Crippen LogP) is 2.11. The quantitative estimate of drug-likeness (QED) is 0.573. The minimum Gasteiger partial charge on any atom is -0.496 e. The van der Waals surface area contributed by atoms with E-state index >= 15 is 0 Å². The zero-order chi connectivity index (χ0) is 21.9. The molecule has 0 saturated carbocycles. The third-order valence-corrected chi connectivity index (χ3v) is 5.63. The van der Waals surface area contributed by atoms with Crippen molar-refractivity contribution in [2.75, 3.05) is 33.5 Å². The second-order valence-electron chi connectivity index (χ2n) is 7.89. The van der Waals surface area contributed by atoms with Crippen LogP contribution in [0.5, 0.6) is 17.2 Å². The van der Waals surface area contributed by atoms with E-state index in [1.54, 1.807) is 7.11 Å². The minimum absolute atomic E-state index is 0.0245. The van der Waals surface area contributed by atoms with Crippen LogP contribution in [-0.2, 0) is 17.8 Å². The molecule has 0 radical (unpaired) electrons. The van der Waals surface area contributed by atoms with E-state index in [1.165, 1.54) is 0 Å². The summed E-state index contributed by atoms with van der Waals surface area (Å²) in [5.41, 5.74) is 1.98. The number of para-hydroxylation sites is 1. The molecule has 3 heterocycles. The van der Waals surface area contributed by atoms with Gasteiger partial charge in [0.1, 0.15) is 5.75 Å². The Bertz CT molecular complexity index is 1110. The van der Waals surface area contributed by atoms with Crippen LogP contribution in [0.15, 0.2) is 47.0 Å². The molecular formula is C23H24N4O5. The highest BCUT2D eigenvalue weighted by atomic mass is 16.7. The molecule has 1 fully saturated rings. The molecule has 1 N–H and O–H groups in total. The van der Waals surface area contributed by atoms with E-state index in [4.69, 9.17) is 18.7 Å². The average molecular weight is 436 g/mol. The lowest BCUT2D eigenvalue weighted by Gasteiger charge is -2.36. The Kier molecular flexibility index (Phi) is 5.64. The Morgan fingerprint density at radius 3 is 2.91 bits per heavy atom. The molecular weight excluding hydrogens is 412 g/mol. The number of aromatic nitrogens is 2. The summed E-state index contributed by atoms with van der Waals surface area (Å²) in [5.74, 6) is 3.63. The number of nitrogens with zero attached hydrogens (tertiary/aromatic N) is 3. The van der Waals surface area contributed by atoms with Crippen molar-refractivity contribution in [3.63, 3.8) is 0 Å². The average Bonchev–Trinajstić information content (AvgIpc) is 3.44. The van der Waals surface area contributed by atoms with Crippen molar-refractivity contribution in [2.45, 2.75) is 18.9 Å². The second-order valence-corrected chi connectivity index (χ2v) is 7.89. The molecule has 0 bridgehead atoms. The molecule has 3 aromatic rings. The summed E-state index contributed by atoms with van der Waals surface area (Å²) in [5, 5.41) is 7.05. The van der Waals surface area contributed by atoms with Crippen molar-refractivity contribution in [1.82, 2.24) is 20.4 Å². The number of rotatable bonds is 8. The van der Waals surface area contributed by atoms with Crippen LogP contribution in [-0.4, -0.2) is 54.5 Å². The maximum atomic E-state index is 12.3. The van der Waals surface area contributed by atoms with E-state index in [0.29, 0.717) is 50.1 Å². The van der Waals surface area contributed by atoms with Crippen LogP contribution in [0.3, 0.4) is 0 Å². The fourth-order valence-corrected chi connectivity index (χ4v) is 3.89. The molecule has 32 heavy (non-hydrogen) atoms. The number of ether oxygens (including phenoxy) is 3. The van der Waals surface area contributed by atoms with Crippen LogP contribution < -0.4 is 19.5 Å². The monoisotopic (exact) mass is 436 g/mol. The number of hydrogen-bond acceptors (Lipinski definition) is 8. The first-order valence-electron chi connectivity index (χ1n) is 10.5. The lowest BCUT2D eigenvalue weighted by atomic mass is 10.0. The molecule has 2 aliphatic heterocycles. The van der Waals surface area contributed by atoms with Gasteiger partial charge in [-0.25, -0.2) is 0 Å². The first-order valence-corrected chi connectivity index (χ1v) is 10.5. The molecule has 9 nitrogen and oxygen atoms in total. The SMILES string of the molecule is COc1ccccc1Cc1noc(C2CN(CC(=O)NCc3ccc4c(c3)OCO4)C2)n1. The van der Waals surface area contributed by atoms with E-state index in [9.17, 15) is 4.79 Å². The molecule has 0 spiro atoms. The van der Waals surface area contributed by atoms with E-state index in [2.05, 4.69) is 20.4 Å². The number of carbonyl (C=O) groups is 1. The van der Waals surface area contributed by atoms with Crippen LogP contribution in [0.4, 0.5) is 0 Å². The summed E-state index contributed by atoms with van der Waals surface area (Å²) in [6.07, 6.45) is 0.548. The summed E-state index contributed by atoms with van der Waals surface area (Å²) in [6, 6.07) is 13.5. The van der Waals surface area contributed by atoms with Crippen molar-refractivity contribution in [2.24, 2.45) is 0 Å².